The molecule has 0 aliphatic carbocycles. The second-order valence-corrected chi connectivity index (χ2v) is 7.05. The van der Waals surface area contributed by atoms with Gasteiger partial charge in [-0.15, -0.1) is 0 Å². The number of aromatic amines is 1. The molecule has 7 nitrogen and oxygen atoms in total. The number of nitrogens with zero attached hydrogens (tertiary/aromatic N) is 3. The van der Waals surface area contributed by atoms with Crippen molar-refractivity contribution in [2.75, 3.05) is 18.5 Å². The number of aromatic nitrogens is 4. The number of hydrogen-bond donors (Lipinski definition) is 2. The molecule has 25 heavy (non-hydrogen) atoms. The molecule has 0 atom stereocenters. The van der Waals surface area contributed by atoms with Crippen molar-refractivity contribution < 1.29 is 4.74 Å². The summed E-state index contributed by atoms with van der Waals surface area (Å²) >= 11 is 5.91. The van der Waals surface area contributed by atoms with Gasteiger partial charge in [-0.25, -0.2) is 4.68 Å². The number of anilines is 1. The fraction of sp³-hybridized carbons (Fsp3) is 0.353. The van der Waals surface area contributed by atoms with Crippen molar-refractivity contribution in [3.05, 3.63) is 45.8 Å². The van der Waals surface area contributed by atoms with Crippen molar-refractivity contribution in [1.29, 1.82) is 0 Å². The van der Waals surface area contributed by atoms with Crippen LogP contribution in [0.5, 0.6) is 5.75 Å². The van der Waals surface area contributed by atoms with E-state index < -0.39 is 0 Å². The summed E-state index contributed by atoms with van der Waals surface area (Å²) in [5, 5.41) is 8.44. The SMILES string of the molecule is CC(C)(C)n1ncc2c(=O)[nH]c(NCCOc3cccc(Cl)c3)nc21. The van der Waals surface area contributed by atoms with Gasteiger partial charge in [0.2, 0.25) is 5.95 Å². The van der Waals surface area contributed by atoms with E-state index in [-0.39, 0.29) is 11.1 Å². The Morgan fingerprint density at radius 1 is 1.36 bits per heavy atom. The maximum Gasteiger partial charge on any atom is 0.263 e. The quantitative estimate of drug-likeness (QED) is 0.682. The predicted octanol–water partition coefficient (Wildman–Crippen LogP) is 3.02. The van der Waals surface area contributed by atoms with Crippen LogP contribution in [0, 0.1) is 0 Å². The van der Waals surface area contributed by atoms with Crippen molar-refractivity contribution >= 4 is 28.6 Å². The zero-order chi connectivity index (χ0) is 18.0. The van der Waals surface area contributed by atoms with Crippen LogP contribution in [-0.2, 0) is 5.54 Å². The molecule has 0 saturated heterocycles. The van der Waals surface area contributed by atoms with Gasteiger partial charge in [0.15, 0.2) is 5.65 Å². The Bertz CT molecular complexity index is 942. The van der Waals surface area contributed by atoms with Gasteiger partial charge in [0.25, 0.3) is 5.56 Å². The van der Waals surface area contributed by atoms with Gasteiger partial charge in [-0.05, 0) is 39.0 Å². The van der Waals surface area contributed by atoms with E-state index in [0.29, 0.717) is 40.9 Å². The number of rotatable bonds is 5. The molecule has 3 rings (SSSR count). The van der Waals surface area contributed by atoms with E-state index in [9.17, 15) is 4.79 Å². The lowest BCUT2D eigenvalue weighted by molar-refractivity contribution is 0.332. The molecule has 0 aliphatic heterocycles. The fourth-order valence-electron chi connectivity index (χ4n) is 2.39. The predicted molar refractivity (Wildman–Crippen MR) is 98.6 cm³/mol. The number of nitrogens with one attached hydrogen (secondary N) is 2. The molecular weight excluding hydrogens is 342 g/mol. The highest BCUT2D eigenvalue weighted by molar-refractivity contribution is 6.30. The van der Waals surface area contributed by atoms with Crippen molar-refractivity contribution in [1.82, 2.24) is 19.7 Å². The van der Waals surface area contributed by atoms with Gasteiger partial charge in [-0.2, -0.15) is 10.1 Å². The Balaban J connectivity index is 1.70. The van der Waals surface area contributed by atoms with Gasteiger partial charge >= 0.3 is 0 Å². The number of fused-ring (bicyclic) bond motifs is 1. The van der Waals surface area contributed by atoms with Crippen molar-refractivity contribution in [3.63, 3.8) is 0 Å². The zero-order valence-corrected chi connectivity index (χ0v) is 15.1. The first kappa shape index (κ1) is 17.3. The number of ether oxygens (including phenoxy) is 1. The molecule has 1 aromatic carbocycles. The summed E-state index contributed by atoms with van der Waals surface area (Å²) in [6.45, 7) is 6.90. The van der Waals surface area contributed by atoms with Gasteiger partial charge in [-0.1, -0.05) is 17.7 Å². The summed E-state index contributed by atoms with van der Waals surface area (Å²) < 4.78 is 7.35. The van der Waals surface area contributed by atoms with Gasteiger partial charge in [-0.3, -0.25) is 9.78 Å². The van der Waals surface area contributed by atoms with Crippen LogP contribution >= 0.6 is 11.6 Å². The maximum atomic E-state index is 12.2. The third-order valence-electron chi connectivity index (χ3n) is 3.53. The van der Waals surface area contributed by atoms with E-state index in [2.05, 4.69) is 20.4 Å². The van der Waals surface area contributed by atoms with Crippen LogP contribution in [0.1, 0.15) is 20.8 Å². The standard InChI is InChI=1S/C17H20ClN5O2/c1-17(2,3)23-14-13(10-20-23)15(24)22-16(21-14)19-7-8-25-12-6-4-5-11(18)9-12/h4-6,9-10H,7-8H2,1-3H3,(H2,19,21,22,24). The number of hydrogen-bond acceptors (Lipinski definition) is 5. The number of halogens is 1. The minimum Gasteiger partial charge on any atom is -0.492 e. The van der Waals surface area contributed by atoms with Crippen LogP contribution in [0.3, 0.4) is 0 Å². The van der Waals surface area contributed by atoms with E-state index in [1.807, 2.05) is 32.9 Å². The minimum atomic E-state index is -0.268. The van der Waals surface area contributed by atoms with E-state index in [1.165, 1.54) is 0 Å². The highest BCUT2D eigenvalue weighted by Crippen LogP contribution is 2.19. The van der Waals surface area contributed by atoms with Crippen LogP contribution in [0.25, 0.3) is 11.0 Å². The largest absolute Gasteiger partial charge is 0.492 e. The smallest absolute Gasteiger partial charge is 0.263 e. The lowest BCUT2D eigenvalue weighted by atomic mass is 10.1. The molecule has 0 unspecified atom stereocenters. The third kappa shape index (κ3) is 3.93. The highest BCUT2D eigenvalue weighted by atomic mass is 35.5. The minimum absolute atomic E-state index is 0.223. The second kappa shape index (κ2) is 6.76. The summed E-state index contributed by atoms with van der Waals surface area (Å²) in [5.41, 5.74) is 0.0587. The third-order valence-corrected chi connectivity index (χ3v) is 3.77. The molecule has 0 spiro atoms. The van der Waals surface area contributed by atoms with Crippen molar-refractivity contribution in [2.24, 2.45) is 0 Å². The Morgan fingerprint density at radius 3 is 2.88 bits per heavy atom. The van der Waals surface area contributed by atoms with Crippen molar-refractivity contribution in [3.8, 4) is 5.75 Å². The zero-order valence-electron chi connectivity index (χ0n) is 14.3. The normalized spacial score (nSPS) is 11.7. The number of H-pyrrole nitrogens is 1. The monoisotopic (exact) mass is 361 g/mol. The van der Waals surface area contributed by atoms with Crippen LogP contribution in [0.2, 0.25) is 5.02 Å². The van der Waals surface area contributed by atoms with Gasteiger partial charge in [0.05, 0.1) is 18.3 Å². The molecule has 132 valence electrons. The van der Waals surface area contributed by atoms with Crippen molar-refractivity contribution in [2.45, 2.75) is 26.3 Å². The average molecular weight is 362 g/mol. The lowest BCUT2D eigenvalue weighted by Crippen LogP contribution is -2.24. The van der Waals surface area contributed by atoms with E-state index >= 15 is 0 Å². The average Bonchev–Trinajstić information content (AvgIpc) is 2.96. The summed E-state index contributed by atoms with van der Waals surface area (Å²) in [5.74, 6) is 1.08. The molecule has 0 bridgehead atoms. The molecule has 0 amide bonds. The summed E-state index contributed by atoms with van der Waals surface area (Å²) in [6, 6.07) is 7.19. The van der Waals surface area contributed by atoms with Crippen LogP contribution in [0.4, 0.5) is 5.95 Å². The molecular formula is C17H20ClN5O2. The molecule has 0 radical (unpaired) electrons. The summed E-state index contributed by atoms with van der Waals surface area (Å²) in [4.78, 5) is 19.4. The fourth-order valence-corrected chi connectivity index (χ4v) is 2.57. The molecule has 0 saturated carbocycles. The summed E-state index contributed by atoms with van der Waals surface area (Å²) in [6.07, 6.45) is 1.54. The molecule has 3 aromatic rings. The first-order valence-corrected chi connectivity index (χ1v) is 8.33. The number of benzene rings is 1. The Hall–Kier alpha value is -2.54. The Kier molecular flexibility index (Phi) is 4.67. The topological polar surface area (TPSA) is 84.8 Å². The molecule has 2 aromatic heterocycles. The van der Waals surface area contributed by atoms with E-state index in [4.69, 9.17) is 16.3 Å². The van der Waals surface area contributed by atoms with Crippen LogP contribution < -0.4 is 15.6 Å². The van der Waals surface area contributed by atoms with Gasteiger partial charge in [0.1, 0.15) is 17.7 Å². The van der Waals surface area contributed by atoms with E-state index in [1.54, 1.807) is 23.0 Å². The summed E-state index contributed by atoms with van der Waals surface area (Å²) in [7, 11) is 0. The molecule has 0 fully saturated rings. The Morgan fingerprint density at radius 2 is 2.16 bits per heavy atom. The van der Waals surface area contributed by atoms with Gasteiger partial charge in [0, 0.05) is 5.02 Å². The van der Waals surface area contributed by atoms with Crippen LogP contribution in [0.15, 0.2) is 35.3 Å². The van der Waals surface area contributed by atoms with Crippen LogP contribution in [-0.4, -0.2) is 32.9 Å². The molecule has 0 aliphatic rings. The highest BCUT2D eigenvalue weighted by Gasteiger charge is 2.19. The van der Waals surface area contributed by atoms with Gasteiger partial charge < -0.3 is 10.1 Å². The molecule has 8 heteroatoms. The van der Waals surface area contributed by atoms with E-state index in [0.717, 1.165) is 0 Å². The lowest BCUT2D eigenvalue weighted by Gasteiger charge is -2.19. The second-order valence-electron chi connectivity index (χ2n) is 6.61. The first-order valence-electron chi connectivity index (χ1n) is 7.95. The molecule has 2 N–H and O–H groups in total. The molecule has 2 heterocycles. The Labute approximate surface area is 150 Å². The maximum absolute atomic E-state index is 12.2. The first-order chi connectivity index (χ1) is 11.8.